The molecule has 2 heterocycles. The van der Waals surface area contributed by atoms with E-state index in [-0.39, 0.29) is 10.8 Å². The van der Waals surface area contributed by atoms with Crippen molar-refractivity contribution >= 4 is 33.3 Å². The molecule has 0 saturated carbocycles. The molecule has 134 valence electrons. The summed E-state index contributed by atoms with van der Waals surface area (Å²) in [5, 5.41) is 10.5. The van der Waals surface area contributed by atoms with Crippen LogP contribution in [0.25, 0.3) is 10.2 Å². The van der Waals surface area contributed by atoms with Crippen LogP contribution in [-0.2, 0) is 19.4 Å². The van der Waals surface area contributed by atoms with Crippen LogP contribution in [0, 0.1) is 23.2 Å². The molecule has 2 aromatic rings. The summed E-state index contributed by atoms with van der Waals surface area (Å²) < 4.78 is 1.81. The monoisotopic (exact) mass is 375 g/mol. The number of hydrogen-bond donors (Lipinski definition) is 0. The Morgan fingerprint density at radius 2 is 2.20 bits per heavy atom. The number of aryl methyl sites for hydroxylation is 1. The zero-order valence-electron chi connectivity index (χ0n) is 15.3. The fraction of sp³-hybridized carbons (Fsp3) is 0.632. The fourth-order valence-corrected chi connectivity index (χ4v) is 5.51. The Bertz CT molecular complexity index is 875. The number of hydrogen-bond acceptors (Lipinski definition) is 5. The molecule has 0 aromatic carbocycles. The van der Waals surface area contributed by atoms with Gasteiger partial charge in [-0.2, -0.15) is 5.26 Å². The molecule has 0 bridgehead atoms. The molecule has 0 unspecified atom stereocenters. The minimum atomic E-state index is -0.218. The lowest BCUT2D eigenvalue weighted by Crippen LogP contribution is -2.25. The van der Waals surface area contributed by atoms with Crippen molar-refractivity contribution in [1.82, 2.24) is 9.55 Å². The Hall–Kier alpha value is -1.32. The van der Waals surface area contributed by atoms with E-state index < -0.39 is 0 Å². The summed E-state index contributed by atoms with van der Waals surface area (Å²) in [7, 11) is 0. The molecule has 2 aromatic heterocycles. The van der Waals surface area contributed by atoms with Gasteiger partial charge in [0.15, 0.2) is 5.16 Å². The number of thiophene rings is 1. The molecular formula is C19H25N3OS2. The summed E-state index contributed by atoms with van der Waals surface area (Å²) in [6, 6.07) is 2.24. The molecule has 3 rings (SSSR count). The van der Waals surface area contributed by atoms with Gasteiger partial charge in [-0.05, 0) is 50.0 Å². The van der Waals surface area contributed by atoms with Gasteiger partial charge >= 0.3 is 0 Å². The van der Waals surface area contributed by atoms with Crippen LogP contribution in [0.2, 0.25) is 0 Å². The van der Waals surface area contributed by atoms with Gasteiger partial charge in [0.05, 0.1) is 16.7 Å². The molecule has 4 nitrogen and oxygen atoms in total. The van der Waals surface area contributed by atoms with Crippen molar-refractivity contribution in [2.45, 2.75) is 70.3 Å². The highest BCUT2D eigenvalue weighted by Crippen LogP contribution is 2.36. The van der Waals surface area contributed by atoms with E-state index in [1.807, 2.05) is 11.5 Å². The van der Waals surface area contributed by atoms with Gasteiger partial charge in [0.2, 0.25) is 0 Å². The van der Waals surface area contributed by atoms with Crippen molar-refractivity contribution in [2.24, 2.45) is 11.8 Å². The molecule has 0 radical (unpaired) electrons. The van der Waals surface area contributed by atoms with Gasteiger partial charge < -0.3 is 0 Å². The van der Waals surface area contributed by atoms with E-state index in [1.165, 1.54) is 22.2 Å². The number of nitriles is 1. The van der Waals surface area contributed by atoms with E-state index in [9.17, 15) is 4.79 Å². The van der Waals surface area contributed by atoms with Gasteiger partial charge in [0.1, 0.15) is 4.83 Å². The first-order valence-corrected chi connectivity index (χ1v) is 10.7. The highest BCUT2D eigenvalue weighted by Gasteiger charge is 2.25. The summed E-state index contributed by atoms with van der Waals surface area (Å²) in [6.45, 7) is 9.12. The lowest BCUT2D eigenvalue weighted by molar-refractivity contribution is 0.480. The lowest BCUT2D eigenvalue weighted by Gasteiger charge is -2.18. The number of fused-ring (bicyclic) bond motifs is 3. The topological polar surface area (TPSA) is 58.7 Å². The zero-order chi connectivity index (χ0) is 18.1. The van der Waals surface area contributed by atoms with Crippen LogP contribution < -0.4 is 5.56 Å². The predicted octanol–water partition coefficient (Wildman–Crippen LogP) is 4.63. The highest BCUT2D eigenvalue weighted by molar-refractivity contribution is 8.00. The third kappa shape index (κ3) is 3.78. The average Bonchev–Trinajstić information content (AvgIpc) is 2.91. The summed E-state index contributed by atoms with van der Waals surface area (Å²) in [5.74, 6) is 1.20. The largest absolute Gasteiger partial charge is 0.287 e. The SMILES string of the molecule is CC(C)CCn1c(S[C@H](C)C#N)nc2sc3c(c2c1=O)CC[C@H](C)C3. The quantitative estimate of drug-likeness (QED) is 0.564. The van der Waals surface area contributed by atoms with E-state index in [4.69, 9.17) is 10.2 Å². The van der Waals surface area contributed by atoms with Crippen LogP contribution in [-0.4, -0.2) is 14.8 Å². The molecule has 0 N–H and O–H groups in total. The Morgan fingerprint density at radius 3 is 2.88 bits per heavy atom. The predicted molar refractivity (Wildman–Crippen MR) is 105 cm³/mol. The van der Waals surface area contributed by atoms with Crippen molar-refractivity contribution in [3.63, 3.8) is 0 Å². The summed E-state index contributed by atoms with van der Waals surface area (Å²) in [5.41, 5.74) is 1.32. The van der Waals surface area contributed by atoms with E-state index in [0.717, 1.165) is 35.9 Å². The van der Waals surface area contributed by atoms with Crippen molar-refractivity contribution < 1.29 is 0 Å². The smallest absolute Gasteiger partial charge is 0.263 e. The first-order valence-electron chi connectivity index (χ1n) is 9.02. The van der Waals surface area contributed by atoms with Crippen molar-refractivity contribution in [3.05, 3.63) is 20.8 Å². The maximum atomic E-state index is 13.3. The van der Waals surface area contributed by atoms with E-state index in [2.05, 4.69) is 26.8 Å². The zero-order valence-corrected chi connectivity index (χ0v) is 17.0. The first kappa shape index (κ1) is 18.5. The summed E-state index contributed by atoms with van der Waals surface area (Å²) in [4.78, 5) is 20.3. The van der Waals surface area contributed by atoms with Crippen molar-refractivity contribution in [2.75, 3.05) is 0 Å². The first-order chi connectivity index (χ1) is 11.9. The Morgan fingerprint density at radius 1 is 1.44 bits per heavy atom. The molecule has 2 atom stereocenters. The second-order valence-corrected chi connectivity index (χ2v) is 9.85. The number of aromatic nitrogens is 2. The second kappa shape index (κ2) is 7.51. The van der Waals surface area contributed by atoms with Gasteiger partial charge in [-0.1, -0.05) is 32.5 Å². The van der Waals surface area contributed by atoms with Gasteiger partial charge in [0.25, 0.3) is 5.56 Å². The molecule has 0 spiro atoms. The van der Waals surface area contributed by atoms with Crippen LogP contribution in [0.4, 0.5) is 0 Å². The van der Waals surface area contributed by atoms with Gasteiger partial charge in [0, 0.05) is 11.4 Å². The Labute approximate surface area is 157 Å². The second-order valence-electron chi connectivity index (χ2n) is 7.45. The molecule has 6 heteroatoms. The van der Waals surface area contributed by atoms with E-state index >= 15 is 0 Å². The minimum absolute atomic E-state index is 0.0883. The summed E-state index contributed by atoms with van der Waals surface area (Å²) in [6.07, 6.45) is 4.12. The van der Waals surface area contributed by atoms with Gasteiger partial charge in [-0.25, -0.2) is 4.98 Å². The Balaban J connectivity index is 2.14. The lowest BCUT2D eigenvalue weighted by atomic mass is 9.89. The number of thioether (sulfide) groups is 1. The molecule has 0 amide bonds. The van der Waals surface area contributed by atoms with Gasteiger partial charge in [-0.3, -0.25) is 9.36 Å². The normalized spacial score (nSPS) is 18.3. The number of nitrogens with zero attached hydrogens (tertiary/aromatic N) is 3. The van der Waals surface area contributed by atoms with E-state index in [1.54, 1.807) is 11.3 Å². The maximum Gasteiger partial charge on any atom is 0.263 e. The molecule has 0 aliphatic heterocycles. The fourth-order valence-electron chi connectivity index (χ4n) is 3.26. The van der Waals surface area contributed by atoms with Crippen molar-refractivity contribution in [1.29, 1.82) is 5.26 Å². The summed E-state index contributed by atoms with van der Waals surface area (Å²) >= 11 is 3.07. The van der Waals surface area contributed by atoms with E-state index in [0.29, 0.717) is 23.5 Å². The van der Waals surface area contributed by atoms with Crippen LogP contribution in [0.5, 0.6) is 0 Å². The number of rotatable bonds is 5. The van der Waals surface area contributed by atoms with Crippen LogP contribution in [0.3, 0.4) is 0 Å². The molecular weight excluding hydrogens is 350 g/mol. The third-order valence-corrected chi connectivity index (χ3v) is 6.90. The molecule has 1 aliphatic carbocycles. The highest BCUT2D eigenvalue weighted by atomic mass is 32.2. The van der Waals surface area contributed by atoms with Crippen LogP contribution >= 0.6 is 23.1 Å². The molecule has 1 aliphatic rings. The van der Waals surface area contributed by atoms with Crippen LogP contribution in [0.15, 0.2) is 9.95 Å². The van der Waals surface area contributed by atoms with Gasteiger partial charge in [-0.15, -0.1) is 11.3 Å². The minimum Gasteiger partial charge on any atom is -0.287 e. The van der Waals surface area contributed by atoms with Crippen LogP contribution in [0.1, 0.15) is 51.0 Å². The average molecular weight is 376 g/mol. The maximum absolute atomic E-state index is 13.3. The Kier molecular flexibility index (Phi) is 5.55. The standard InChI is InChI=1S/C19H25N3OS2/c1-11(2)7-8-22-18(23)16-14-6-5-12(3)9-15(14)25-17(16)21-19(22)24-13(4)10-20/h11-13H,5-9H2,1-4H3/t12-,13+/m0/s1. The molecule has 0 saturated heterocycles. The van der Waals surface area contributed by atoms with Crippen molar-refractivity contribution in [3.8, 4) is 6.07 Å². The third-order valence-electron chi connectivity index (χ3n) is 4.77. The molecule has 0 fully saturated rings. The molecule has 25 heavy (non-hydrogen) atoms.